The van der Waals surface area contributed by atoms with E-state index >= 15 is 0 Å². The highest BCUT2D eigenvalue weighted by atomic mass is 16.5. The van der Waals surface area contributed by atoms with E-state index in [0.29, 0.717) is 23.7 Å². The van der Waals surface area contributed by atoms with Gasteiger partial charge in [0, 0.05) is 19.3 Å². The van der Waals surface area contributed by atoms with Gasteiger partial charge in [0.1, 0.15) is 5.56 Å². The van der Waals surface area contributed by atoms with E-state index in [1.54, 1.807) is 19.4 Å². The van der Waals surface area contributed by atoms with Gasteiger partial charge in [-0.1, -0.05) is 0 Å². The van der Waals surface area contributed by atoms with Gasteiger partial charge in [-0.25, -0.2) is 4.79 Å². The lowest BCUT2D eigenvalue weighted by molar-refractivity contribution is 0.0694. The summed E-state index contributed by atoms with van der Waals surface area (Å²) in [4.78, 5) is 26.5. The van der Waals surface area contributed by atoms with Crippen LogP contribution in [0.15, 0.2) is 23.1 Å². The van der Waals surface area contributed by atoms with Gasteiger partial charge in [0.2, 0.25) is 0 Å². The lowest BCUT2D eigenvalue weighted by atomic mass is 10.0. The summed E-state index contributed by atoms with van der Waals surface area (Å²) in [7, 11) is 1.61. The van der Waals surface area contributed by atoms with Crippen molar-refractivity contribution < 1.29 is 14.6 Å². The standard InChI is InChI=1S/C20H25N3O4/c1-27-18-16(22-8-5-12(11-22)4-7-21)6-9-23-17(18)14(13-2-3-13)10-15(19(23)24)20(25)26/h6,9-10,12-13H,2-5,7-8,11,21H2,1H3,(H,25,26). The number of aromatic carboxylic acids is 1. The average molecular weight is 371 g/mol. The molecule has 3 N–H and O–H groups in total. The molecule has 3 heterocycles. The first-order valence-electron chi connectivity index (χ1n) is 9.49. The number of nitrogens with zero attached hydrogens (tertiary/aromatic N) is 2. The van der Waals surface area contributed by atoms with Crippen LogP contribution in [0.3, 0.4) is 0 Å². The molecule has 1 saturated carbocycles. The molecule has 144 valence electrons. The SMILES string of the molecule is COc1c(N2CCC(CCN)C2)ccn2c(=O)c(C(=O)O)cc(C3CC3)c12. The number of rotatable bonds is 6. The van der Waals surface area contributed by atoms with E-state index in [9.17, 15) is 14.7 Å². The van der Waals surface area contributed by atoms with E-state index in [2.05, 4.69) is 4.90 Å². The number of pyridine rings is 2. The predicted molar refractivity (Wildman–Crippen MR) is 103 cm³/mol. The summed E-state index contributed by atoms with van der Waals surface area (Å²) in [5.41, 5.74) is 7.56. The van der Waals surface area contributed by atoms with Crippen LogP contribution in [0.4, 0.5) is 5.69 Å². The minimum absolute atomic E-state index is 0.187. The van der Waals surface area contributed by atoms with Crippen LogP contribution in [0.2, 0.25) is 0 Å². The molecule has 1 saturated heterocycles. The number of carboxylic acid groups (broad SMARTS) is 1. The van der Waals surface area contributed by atoms with Crippen molar-refractivity contribution in [2.24, 2.45) is 11.7 Å². The van der Waals surface area contributed by atoms with Crippen molar-refractivity contribution in [3.8, 4) is 5.75 Å². The van der Waals surface area contributed by atoms with Crippen molar-refractivity contribution in [1.82, 2.24) is 4.40 Å². The Morgan fingerprint density at radius 1 is 1.37 bits per heavy atom. The second-order valence-electron chi connectivity index (χ2n) is 7.53. The van der Waals surface area contributed by atoms with Gasteiger partial charge in [-0.3, -0.25) is 9.20 Å². The highest BCUT2D eigenvalue weighted by Gasteiger charge is 2.32. The van der Waals surface area contributed by atoms with Gasteiger partial charge in [-0.2, -0.15) is 0 Å². The Morgan fingerprint density at radius 2 is 2.15 bits per heavy atom. The fraction of sp³-hybridized carbons (Fsp3) is 0.500. The van der Waals surface area contributed by atoms with Gasteiger partial charge < -0.3 is 20.5 Å². The smallest absolute Gasteiger partial charge is 0.341 e. The summed E-state index contributed by atoms with van der Waals surface area (Å²) in [6.07, 6.45) is 5.78. The van der Waals surface area contributed by atoms with Crippen molar-refractivity contribution in [2.75, 3.05) is 31.6 Å². The Kier molecular flexibility index (Phi) is 4.55. The van der Waals surface area contributed by atoms with E-state index in [1.807, 2.05) is 6.07 Å². The molecule has 2 aliphatic rings. The molecule has 0 amide bonds. The Balaban J connectivity index is 1.89. The summed E-state index contributed by atoms with van der Waals surface area (Å²) in [5, 5.41) is 9.42. The summed E-state index contributed by atoms with van der Waals surface area (Å²) in [6.45, 7) is 2.53. The van der Waals surface area contributed by atoms with Crippen LogP contribution in [0, 0.1) is 5.92 Å². The van der Waals surface area contributed by atoms with Crippen LogP contribution in [-0.2, 0) is 0 Å². The third kappa shape index (κ3) is 3.06. The van der Waals surface area contributed by atoms with Crippen LogP contribution in [0.1, 0.15) is 47.5 Å². The number of carbonyl (C=O) groups is 1. The lowest BCUT2D eigenvalue weighted by Gasteiger charge is -2.24. The summed E-state index contributed by atoms with van der Waals surface area (Å²) in [5.74, 6) is 0.312. The van der Waals surface area contributed by atoms with Gasteiger partial charge in [0.05, 0.1) is 18.3 Å². The quantitative estimate of drug-likeness (QED) is 0.807. The maximum absolute atomic E-state index is 12.7. The maximum Gasteiger partial charge on any atom is 0.341 e. The number of nitrogens with two attached hydrogens (primary N) is 1. The maximum atomic E-state index is 12.7. The zero-order valence-electron chi connectivity index (χ0n) is 15.5. The Hall–Kier alpha value is -2.54. The molecule has 27 heavy (non-hydrogen) atoms. The van der Waals surface area contributed by atoms with E-state index in [1.165, 1.54) is 4.40 Å². The number of hydrogen-bond donors (Lipinski definition) is 2. The molecule has 2 fully saturated rings. The summed E-state index contributed by atoms with van der Waals surface area (Å²) >= 11 is 0. The molecule has 1 unspecified atom stereocenters. The Bertz CT molecular complexity index is 948. The second-order valence-corrected chi connectivity index (χ2v) is 7.53. The number of carboxylic acids is 1. The van der Waals surface area contributed by atoms with Gasteiger partial charge in [0.15, 0.2) is 5.75 Å². The largest absolute Gasteiger partial charge is 0.492 e. The van der Waals surface area contributed by atoms with Crippen LogP contribution >= 0.6 is 0 Å². The van der Waals surface area contributed by atoms with Crippen molar-refractivity contribution in [2.45, 2.75) is 31.6 Å². The second kappa shape index (κ2) is 6.88. The van der Waals surface area contributed by atoms with E-state index in [-0.39, 0.29) is 11.5 Å². The van der Waals surface area contributed by atoms with Crippen molar-refractivity contribution >= 4 is 17.2 Å². The molecule has 0 spiro atoms. The number of hydrogen-bond acceptors (Lipinski definition) is 5. The first-order chi connectivity index (χ1) is 13.0. The highest BCUT2D eigenvalue weighted by molar-refractivity contribution is 5.89. The zero-order chi connectivity index (χ0) is 19.1. The van der Waals surface area contributed by atoms with Crippen molar-refractivity contribution in [1.29, 1.82) is 0 Å². The van der Waals surface area contributed by atoms with Crippen LogP contribution in [0.25, 0.3) is 5.52 Å². The molecule has 7 nitrogen and oxygen atoms in total. The molecule has 1 atom stereocenters. The monoisotopic (exact) mass is 371 g/mol. The molecule has 2 aromatic rings. The lowest BCUT2D eigenvalue weighted by Crippen LogP contribution is -2.25. The number of ether oxygens (including phenoxy) is 1. The van der Waals surface area contributed by atoms with Gasteiger partial charge in [-0.15, -0.1) is 0 Å². The van der Waals surface area contributed by atoms with Crippen LogP contribution < -0.4 is 20.9 Å². The average Bonchev–Trinajstić information content (AvgIpc) is 3.39. The van der Waals surface area contributed by atoms with Crippen molar-refractivity contribution in [3.63, 3.8) is 0 Å². The summed E-state index contributed by atoms with van der Waals surface area (Å²) in [6, 6.07) is 3.41. The molecule has 0 radical (unpaired) electrons. The molecule has 0 aromatic carbocycles. The molecule has 1 aliphatic heterocycles. The van der Waals surface area contributed by atoms with E-state index in [0.717, 1.165) is 50.0 Å². The topological polar surface area (TPSA) is 97.3 Å². The summed E-state index contributed by atoms with van der Waals surface area (Å²) < 4.78 is 7.20. The minimum atomic E-state index is -1.19. The normalized spacial score (nSPS) is 19.6. The van der Waals surface area contributed by atoms with Gasteiger partial charge >= 0.3 is 5.97 Å². The third-order valence-corrected chi connectivity index (χ3v) is 5.75. The Morgan fingerprint density at radius 3 is 2.78 bits per heavy atom. The van der Waals surface area contributed by atoms with E-state index < -0.39 is 11.5 Å². The van der Waals surface area contributed by atoms with Crippen LogP contribution in [-0.4, -0.2) is 42.2 Å². The Labute approximate surface area is 157 Å². The van der Waals surface area contributed by atoms with Crippen molar-refractivity contribution in [3.05, 3.63) is 39.8 Å². The number of anilines is 1. The fourth-order valence-corrected chi connectivity index (χ4v) is 4.21. The predicted octanol–water partition coefficient (Wildman–Crippen LogP) is 2.06. The van der Waals surface area contributed by atoms with E-state index in [4.69, 9.17) is 10.5 Å². The molecule has 0 bridgehead atoms. The minimum Gasteiger partial charge on any atom is -0.492 e. The fourth-order valence-electron chi connectivity index (χ4n) is 4.21. The van der Waals surface area contributed by atoms with Crippen LogP contribution in [0.5, 0.6) is 5.75 Å². The molecule has 4 rings (SSSR count). The van der Waals surface area contributed by atoms with Gasteiger partial charge in [-0.05, 0) is 61.8 Å². The number of fused-ring (bicyclic) bond motifs is 1. The zero-order valence-corrected chi connectivity index (χ0v) is 15.5. The first-order valence-corrected chi connectivity index (χ1v) is 9.49. The van der Waals surface area contributed by atoms with Gasteiger partial charge in [0.25, 0.3) is 5.56 Å². The first kappa shape index (κ1) is 17.9. The molecule has 7 heteroatoms. The highest BCUT2D eigenvalue weighted by Crippen LogP contribution is 2.46. The number of methoxy groups -OCH3 is 1. The molecular weight excluding hydrogens is 346 g/mol. The molecular formula is C20H25N3O4. The number of aromatic nitrogens is 1. The third-order valence-electron chi connectivity index (χ3n) is 5.75. The molecule has 2 aromatic heterocycles. The molecule has 1 aliphatic carbocycles.